The van der Waals surface area contributed by atoms with E-state index < -0.39 is 5.91 Å². The first-order valence-corrected chi connectivity index (χ1v) is 8.71. The molecule has 1 heterocycles. The summed E-state index contributed by atoms with van der Waals surface area (Å²) in [7, 11) is 0. The Hall–Kier alpha value is -2.25. The molecule has 2 amide bonds. The van der Waals surface area contributed by atoms with Crippen LogP contribution in [0.3, 0.4) is 0 Å². The van der Waals surface area contributed by atoms with E-state index in [0.29, 0.717) is 17.0 Å². The molecule has 24 heavy (non-hydrogen) atoms. The summed E-state index contributed by atoms with van der Waals surface area (Å²) in [6.07, 6.45) is 0.935. The predicted molar refractivity (Wildman–Crippen MR) is 101 cm³/mol. The summed E-state index contributed by atoms with van der Waals surface area (Å²) in [5.74, 6) is -0.722. The van der Waals surface area contributed by atoms with Gasteiger partial charge in [0, 0.05) is 4.88 Å². The minimum atomic E-state index is -0.503. The Labute approximate surface area is 150 Å². The molecule has 2 aromatic rings. The van der Waals surface area contributed by atoms with Crippen LogP contribution in [-0.4, -0.2) is 16.9 Å². The fourth-order valence-electron chi connectivity index (χ4n) is 2.44. The fourth-order valence-corrected chi connectivity index (χ4v) is 3.87. The zero-order chi connectivity index (χ0) is 17.7. The average molecular weight is 361 g/mol. The van der Waals surface area contributed by atoms with Crippen LogP contribution in [-0.2, 0) is 17.6 Å². The van der Waals surface area contributed by atoms with Gasteiger partial charge in [0.25, 0.3) is 5.91 Å². The Morgan fingerprint density at radius 3 is 2.50 bits per heavy atom. The molecule has 5 nitrogen and oxygen atoms in total. The number of thiophene rings is 1. The number of anilines is 1. The molecule has 0 radical (unpaired) electrons. The highest BCUT2D eigenvalue weighted by molar-refractivity contribution is 7.80. The Bertz CT molecular complexity index is 770. The number of carbonyl (C=O) groups excluding carboxylic acids is 2. The Balaban J connectivity index is 2.05. The summed E-state index contributed by atoms with van der Waals surface area (Å²) < 4.78 is 0. The van der Waals surface area contributed by atoms with Gasteiger partial charge in [-0.1, -0.05) is 37.3 Å². The van der Waals surface area contributed by atoms with Gasteiger partial charge in [0.15, 0.2) is 5.11 Å². The van der Waals surface area contributed by atoms with Crippen LogP contribution >= 0.6 is 23.6 Å². The number of nitrogens with two attached hydrogens (primary N) is 1. The van der Waals surface area contributed by atoms with Crippen molar-refractivity contribution in [3.63, 3.8) is 0 Å². The molecule has 0 spiro atoms. The molecule has 0 unspecified atom stereocenters. The molecule has 2 rings (SSSR count). The van der Waals surface area contributed by atoms with E-state index in [4.69, 9.17) is 18.0 Å². The van der Waals surface area contributed by atoms with Crippen molar-refractivity contribution in [2.45, 2.75) is 26.7 Å². The van der Waals surface area contributed by atoms with E-state index in [0.717, 1.165) is 16.0 Å². The summed E-state index contributed by atoms with van der Waals surface area (Å²) in [6.45, 7) is 3.89. The lowest BCUT2D eigenvalue weighted by molar-refractivity contribution is -0.119. The number of nitrogens with one attached hydrogen (secondary N) is 2. The molecule has 0 saturated heterocycles. The highest BCUT2D eigenvalue weighted by Gasteiger charge is 2.20. The third-order valence-electron chi connectivity index (χ3n) is 3.50. The van der Waals surface area contributed by atoms with E-state index in [1.165, 1.54) is 11.3 Å². The van der Waals surface area contributed by atoms with Crippen LogP contribution in [0.25, 0.3) is 0 Å². The van der Waals surface area contributed by atoms with Gasteiger partial charge in [-0.05, 0) is 36.7 Å². The van der Waals surface area contributed by atoms with E-state index in [1.807, 2.05) is 44.2 Å². The van der Waals surface area contributed by atoms with Gasteiger partial charge in [-0.15, -0.1) is 11.3 Å². The third kappa shape index (κ3) is 4.39. The highest BCUT2D eigenvalue weighted by atomic mass is 32.1. The molecule has 0 bridgehead atoms. The lowest BCUT2D eigenvalue weighted by atomic mass is 10.1. The minimum absolute atomic E-state index is 0.155. The standard InChI is InChI=1S/C17H19N3O2S2/c1-3-12-10(2)24-16(14(12)15(18)22)20-17(23)19-13(21)9-11-7-5-4-6-8-11/h4-8H,3,9H2,1-2H3,(H2,18,22)(H2,19,20,21,23). The molecule has 0 aliphatic rings. The summed E-state index contributed by atoms with van der Waals surface area (Å²) in [5, 5.41) is 6.27. The largest absolute Gasteiger partial charge is 0.365 e. The van der Waals surface area contributed by atoms with Crippen LogP contribution in [0.15, 0.2) is 30.3 Å². The second-order valence-corrected chi connectivity index (χ2v) is 6.86. The smallest absolute Gasteiger partial charge is 0.251 e. The van der Waals surface area contributed by atoms with Crippen LogP contribution in [0.1, 0.15) is 33.3 Å². The SMILES string of the molecule is CCc1c(C)sc(NC(=S)NC(=O)Cc2ccccc2)c1C(N)=O. The molecule has 126 valence electrons. The van der Waals surface area contributed by atoms with Crippen molar-refractivity contribution in [1.29, 1.82) is 0 Å². The quantitative estimate of drug-likeness (QED) is 0.715. The molecular weight excluding hydrogens is 342 g/mol. The third-order valence-corrected chi connectivity index (χ3v) is 4.76. The van der Waals surface area contributed by atoms with Crippen LogP contribution in [0.5, 0.6) is 0 Å². The first kappa shape index (κ1) is 18.1. The Kier molecular flexibility index (Phi) is 6.05. The zero-order valence-corrected chi connectivity index (χ0v) is 15.1. The zero-order valence-electron chi connectivity index (χ0n) is 13.5. The molecule has 0 fully saturated rings. The molecule has 4 N–H and O–H groups in total. The van der Waals surface area contributed by atoms with Crippen molar-refractivity contribution in [2.24, 2.45) is 5.73 Å². The number of primary amides is 1. The lowest BCUT2D eigenvalue weighted by Gasteiger charge is -2.09. The molecule has 1 aromatic carbocycles. The van der Waals surface area contributed by atoms with Crippen molar-refractivity contribution in [1.82, 2.24) is 5.32 Å². The molecule has 1 aromatic heterocycles. The van der Waals surface area contributed by atoms with E-state index in [1.54, 1.807) is 0 Å². The van der Waals surface area contributed by atoms with Crippen molar-refractivity contribution < 1.29 is 9.59 Å². The van der Waals surface area contributed by atoms with Gasteiger partial charge in [-0.25, -0.2) is 0 Å². The number of hydrogen-bond acceptors (Lipinski definition) is 4. The number of rotatable bonds is 5. The highest BCUT2D eigenvalue weighted by Crippen LogP contribution is 2.33. The van der Waals surface area contributed by atoms with Crippen LogP contribution in [0, 0.1) is 6.92 Å². The lowest BCUT2D eigenvalue weighted by Crippen LogP contribution is -2.35. The molecular formula is C17H19N3O2S2. The van der Waals surface area contributed by atoms with Crippen LogP contribution < -0.4 is 16.4 Å². The van der Waals surface area contributed by atoms with E-state index in [9.17, 15) is 9.59 Å². The first-order chi connectivity index (χ1) is 11.4. The molecule has 0 aliphatic heterocycles. The van der Waals surface area contributed by atoms with Crippen LogP contribution in [0.4, 0.5) is 5.00 Å². The van der Waals surface area contributed by atoms with Gasteiger partial charge < -0.3 is 16.4 Å². The topological polar surface area (TPSA) is 84.2 Å². The van der Waals surface area contributed by atoms with E-state index in [2.05, 4.69) is 10.6 Å². The summed E-state index contributed by atoms with van der Waals surface area (Å²) in [6, 6.07) is 9.39. The Morgan fingerprint density at radius 1 is 1.25 bits per heavy atom. The number of hydrogen-bond donors (Lipinski definition) is 3. The molecule has 0 atom stereocenters. The number of carbonyl (C=O) groups is 2. The molecule has 0 aliphatic carbocycles. The maximum absolute atomic E-state index is 12.0. The van der Waals surface area contributed by atoms with Gasteiger partial charge in [0.1, 0.15) is 5.00 Å². The summed E-state index contributed by atoms with van der Waals surface area (Å²) in [5.41, 5.74) is 7.73. The van der Waals surface area contributed by atoms with Gasteiger partial charge in [0.05, 0.1) is 12.0 Å². The van der Waals surface area contributed by atoms with Gasteiger partial charge >= 0.3 is 0 Å². The van der Waals surface area contributed by atoms with Crippen molar-refractivity contribution in [3.8, 4) is 0 Å². The van der Waals surface area contributed by atoms with E-state index in [-0.39, 0.29) is 17.4 Å². The van der Waals surface area contributed by atoms with Gasteiger partial charge in [-0.2, -0.15) is 0 Å². The summed E-state index contributed by atoms with van der Waals surface area (Å²) in [4.78, 5) is 24.8. The summed E-state index contributed by atoms with van der Waals surface area (Å²) >= 11 is 6.58. The maximum atomic E-state index is 12.0. The number of benzene rings is 1. The number of amides is 2. The molecule has 0 saturated carbocycles. The van der Waals surface area contributed by atoms with Crippen LogP contribution in [0.2, 0.25) is 0 Å². The minimum Gasteiger partial charge on any atom is -0.365 e. The maximum Gasteiger partial charge on any atom is 0.251 e. The first-order valence-electron chi connectivity index (χ1n) is 7.49. The van der Waals surface area contributed by atoms with Crippen molar-refractivity contribution in [3.05, 3.63) is 51.9 Å². The van der Waals surface area contributed by atoms with E-state index >= 15 is 0 Å². The van der Waals surface area contributed by atoms with Crippen molar-refractivity contribution >= 4 is 45.5 Å². The normalized spacial score (nSPS) is 10.2. The van der Waals surface area contributed by atoms with Crippen molar-refractivity contribution in [2.75, 3.05) is 5.32 Å². The second kappa shape index (κ2) is 8.03. The predicted octanol–water partition coefficient (Wildman–Crippen LogP) is 2.77. The average Bonchev–Trinajstić information content (AvgIpc) is 2.83. The second-order valence-electron chi connectivity index (χ2n) is 5.22. The fraction of sp³-hybridized carbons (Fsp3) is 0.235. The number of thiocarbonyl (C=S) groups is 1. The monoisotopic (exact) mass is 361 g/mol. The Morgan fingerprint density at radius 2 is 1.92 bits per heavy atom. The number of aryl methyl sites for hydroxylation is 1. The molecule has 7 heteroatoms. The van der Waals surface area contributed by atoms with Gasteiger partial charge in [0.2, 0.25) is 5.91 Å². The van der Waals surface area contributed by atoms with Gasteiger partial charge in [-0.3, -0.25) is 9.59 Å².